The summed E-state index contributed by atoms with van der Waals surface area (Å²) in [6, 6.07) is 5.63. The summed E-state index contributed by atoms with van der Waals surface area (Å²) in [6.07, 6.45) is 3.45. The van der Waals surface area contributed by atoms with Gasteiger partial charge in [-0.15, -0.1) is 0 Å². The van der Waals surface area contributed by atoms with Crippen molar-refractivity contribution >= 4 is 16.3 Å². The van der Waals surface area contributed by atoms with Crippen LogP contribution in [0.4, 0.5) is 9.18 Å². The van der Waals surface area contributed by atoms with E-state index < -0.39 is 28.4 Å². The molecular weight excluding hydrogens is 437 g/mol. The summed E-state index contributed by atoms with van der Waals surface area (Å²) in [5.41, 5.74) is 1.02. The number of methoxy groups -OCH3 is 1. The molecule has 2 aliphatic rings. The van der Waals surface area contributed by atoms with Gasteiger partial charge in [-0.25, -0.2) is 9.18 Å². The van der Waals surface area contributed by atoms with Gasteiger partial charge in [0.1, 0.15) is 5.82 Å². The molecule has 1 aromatic carbocycles. The number of amides is 1. The van der Waals surface area contributed by atoms with E-state index in [2.05, 4.69) is 4.72 Å². The van der Waals surface area contributed by atoms with Crippen molar-refractivity contribution in [1.29, 1.82) is 0 Å². The highest BCUT2D eigenvalue weighted by Crippen LogP contribution is 2.35. The van der Waals surface area contributed by atoms with Crippen LogP contribution < -0.4 is 4.72 Å². The van der Waals surface area contributed by atoms with Crippen LogP contribution in [0.15, 0.2) is 24.3 Å². The lowest BCUT2D eigenvalue weighted by atomic mass is 9.82. The summed E-state index contributed by atoms with van der Waals surface area (Å²) >= 11 is 0. The first kappa shape index (κ1) is 24.9. The summed E-state index contributed by atoms with van der Waals surface area (Å²) in [6.45, 7) is 2.09. The van der Waals surface area contributed by atoms with Crippen LogP contribution in [0.3, 0.4) is 0 Å². The van der Waals surface area contributed by atoms with Gasteiger partial charge in [-0.05, 0) is 62.6 Å². The summed E-state index contributed by atoms with van der Waals surface area (Å²) in [7, 11) is 0.577. The number of nitrogens with one attached hydrogen (secondary N) is 1. The Labute approximate surface area is 190 Å². The minimum Gasteiger partial charge on any atom is -0.453 e. The van der Waals surface area contributed by atoms with Gasteiger partial charge in [0.2, 0.25) is 0 Å². The summed E-state index contributed by atoms with van der Waals surface area (Å²) in [4.78, 5) is 14.0. The van der Waals surface area contributed by atoms with Crippen LogP contribution in [0.5, 0.6) is 0 Å². The van der Waals surface area contributed by atoms with Crippen molar-refractivity contribution in [1.82, 2.24) is 13.9 Å². The Balaban J connectivity index is 1.62. The molecule has 3 atom stereocenters. The Bertz CT molecular complexity index is 889. The molecule has 0 unspecified atom stereocenters. The van der Waals surface area contributed by atoms with Crippen LogP contribution in [0.25, 0.3) is 0 Å². The topological polar surface area (TPSA) is 88.2 Å². The number of halogens is 1. The van der Waals surface area contributed by atoms with E-state index in [1.165, 1.54) is 27.3 Å². The zero-order valence-corrected chi connectivity index (χ0v) is 20.0. The first-order valence-corrected chi connectivity index (χ1v) is 12.5. The molecular formula is C22H34FN3O5S. The van der Waals surface area contributed by atoms with Crippen molar-refractivity contribution in [3.8, 4) is 0 Å². The number of carbonyl (C=O) groups is 1. The number of rotatable bonds is 7. The molecule has 1 saturated heterocycles. The predicted molar refractivity (Wildman–Crippen MR) is 119 cm³/mol. The van der Waals surface area contributed by atoms with E-state index in [0.29, 0.717) is 12.3 Å². The molecule has 1 N–H and O–H groups in total. The van der Waals surface area contributed by atoms with Crippen molar-refractivity contribution < 1.29 is 27.1 Å². The maximum Gasteiger partial charge on any atom is 0.410 e. The standard InChI is InChI=1S/C22H34FN3O5S/c1-15-12-20(24-32(28,29)25(2)3)21(26(15)22(27)30-4)14-31-19-10-8-16(9-11-19)17-6-5-7-18(23)13-17/h5-7,13,15-16,19-21,24H,8-12,14H2,1-4H3/t15-,16?,19?,20+,21+/m1/s1. The highest BCUT2D eigenvalue weighted by molar-refractivity contribution is 7.87. The zero-order chi connectivity index (χ0) is 23.5. The van der Waals surface area contributed by atoms with Gasteiger partial charge in [0.15, 0.2) is 0 Å². The van der Waals surface area contributed by atoms with Crippen LogP contribution in [0.1, 0.15) is 50.5 Å². The number of hydrogen-bond donors (Lipinski definition) is 1. The van der Waals surface area contributed by atoms with E-state index in [1.807, 2.05) is 13.0 Å². The van der Waals surface area contributed by atoms with Gasteiger partial charge in [0, 0.05) is 26.2 Å². The average molecular weight is 472 g/mol. The molecule has 1 heterocycles. The molecule has 1 saturated carbocycles. The van der Waals surface area contributed by atoms with E-state index in [-0.39, 0.29) is 24.6 Å². The summed E-state index contributed by atoms with van der Waals surface area (Å²) in [5.74, 6) is 0.0913. The van der Waals surface area contributed by atoms with Crippen molar-refractivity contribution in [3.63, 3.8) is 0 Å². The van der Waals surface area contributed by atoms with Crippen molar-refractivity contribution in [3.05, 3.63) is 35.6 Å². The number of likely N-dealkylation sites (tertiary alicyclic amines) is 1. The molecule has 10 heteroatoms. The normalized spacial score (nSPS) is 28.8. The lowest BCUT2D eigenvalue weighted by Crippen LogP contribution is -2.52. The second-order valence-corrected chi connectivity index (χ2v) is 10.8. The Morgan fingerprint density at radius 3 is 2.53 bits per heavy atom. The number of ether oxygens (including phenoxy) is 2. The number of hydrogen-bond acceptors (Lipinski definition) is 5. The van der Waals surface area contributed by atoms with Crippen LogP contribution in [-0.2, 0) is 19.7 Å². The molecule has 3 rings (SSSR count). The average Bonchev–Trinajstić information content (AvgIpc) is 3.06. The molecule has 0 bridgehead atoms. The fourth-order valence-electron chi connectivity index (χ4n) is 4.76. The van der Waals surface area contributed by atoms with Crippen LogP contribution >= 0.6 is 0 Å². The number of carbonyl (C=O) groups excluding carboxylic acids is 1. The quantitative estimate of drug-likeness (QED) is 0.661. The van der Waals surface area contributed by atoms with Crippen molar-refractivity contribution in [2.45, 2.75) is 69.2 Å². The monoisotopic (exact) mass is 471 g/mol. The molecule has 1 aliphatic carbocycles. The Kier molecular flexibility index (Phi) is 8.13. The van der Waals surface area contributed by atoms with E-state index in [4.69, 9.17) is 9.47 Å². The molecule has 1 amide bonds. The first-order chi connectivity index (χ1) is 15.1. The van der Waals surface area contributed by atoms with Crippen LogP contribution in [0.2, 0.25) is 0 Å². The molecule has 0 aromatic heterocycles. The lowest BCUT2D eigenvalue weighted by Gasteiger charge is -2.33. The minimum atomic E-state index is -3.66. The van der Waals surface area contributed by atoms with Gasteiger partial charge in [-0.3, -0.25) is 4.90 Å². The van der Waals surface area contributed by atoms with E-state index in [9.17, 15) is 17.6 Å². The van der Waals surface area contributed by atoms with Crippen molar-refractivity contribution in [2.75, 3.05) is 27.8 Å². The van der Waals surface area contributed by atoms with Gasteiger partial charge in [-0.1, -0.05) is 12.1 Å². The highest BCUT2D eigenvalue weighted by Gasteiger charge is 2.44. The maximum atomic E-state index is 13.5. The van der Waals surface area contributed by atoms with E-state index in [0.717, 1.165) is 35.6 Å². The Morgan fingerprint density at radius 2 is 1.94 bits per heavy atom. The fourth-order valence-corrected chi connectivity index (χ4v) is 5.60. The number of nitrogens with zero attached hydrogens (tertiary/aromatic N) is 2. The third-order valence-electron chi connectivity index (χ3n) is 6.56. The molecule has 0 spiro atoms. The van der Waals surface area contributed by atoms with Gasteiger partial charge in [-0.2, -0.15) is 17.4 Å². The summed E-state index contributed by atoms with van der Waals surface area (Å²) in [5, 5.41) is 0. The minimum absolute atomic E-state index is 0.0151. The number of benzene rings is 1. The second kappa shape index (κ2) is 10.5. The molecule has 2 fully saturated rings. The molecule has 32 heavy (non-hydrogen) atoms. The summed E-state index contributed by atoms with van der Waals surface area (Å²) < 4.78 is 53.3. The van der Waals surface area contributed by atoms with Crippen molar-refractivity contribution in [2.24, 2.45) is 0 Å². The SMILES string of the molecule is COC(=O)N1[C@H](C)C[C@H](NS(=O)(=O)N(C)C)[C@@H]1COC1CCC(c2cccc(F)c2)CC1. The van der Waals surface area contributed by atoms with Crippen LogP contribution in [0, 0.1) is 5.82 Å². The van der Waals surface area contributed by atoms with Gasteiger partial charge >= 0.3 is 6.09 Å². The van der Waals surface area contributed by atoms with E-state index >= 15 is 0 Å². The smallest absolute Gasteiger partial charge is 0.410 e. The fraction of sp³-hybridized carbons (Fsp3) is 0.682. The van der Waals surface area contributed by atoms with Gasteiger partial charge in [0.05, 0.1) is 25.9 Å². The van der Waals surface area contributed by atoms with Gasteiger partial charge in [0.25, 0.3) is 10.2 Å². The van der Waals surface area contributed by atoms with Crippen LogP contribution in [-0.4, -0.2) is 75.8 Å². The predicted octanol–water partition coefficient (Wildman–Crippen LogP) is 2.86. The molecule has 180 valence electrons. The lowest BCUT2D eigenvalue weighted by molar-refractivity contribution is -0.00865. The molecule has 0 radical (unpaired) electrons. The third kappa shape index (κ3) is 5.78. The first-order valence-electron chi connectivity index (χ1n) is 11.1. The maximum absolute atomic E-state index is 13.5. The van der Waals surface area contributed by atoms with Gasteiger partial charge < -0.3 is 9.47 Å². The Morgan fingerprint density at radius 1 is 1.25 bits per heavy atom. The highest BCUT2D eigenvalue weighted by atomic mass is 32.2. The molecule has 1 aromatic rings. The Hall–Kier alpha value is -1.75. The second-order valence-electron chi connectivity index (χ2n) is 8.90. The third-order valence-corrected chi connectivity index (χ3v) is 8.12. The van der Waals surface area contributed by atoms with E-state index in [1.54, 1.807) is 17.0 Å². The largest absolute Gasteiger partial charge is 0.453 e. The molecule has 1 aliphatic heterocycles. The molecule has 8 nitrogen and oxygen atoms in total. The zero-order valence-electron chi connectivity index (χ0n) is 19.2.